The van der Waals surface area contributed by atoms with Gasteiger partial charge < -0.3 is 15.5 Å². The Morgan fingerprint density at radius 3 is 2.41 bits per heavy atom. The molecule has 0 aliphatic heterocycles. The summed E-state index contributed by atoms with van der Waals surface area (Å²) in [5.41, 5.74) is 3.45. The van der Waals surface area contributed by atoms with Gasteiger partial charge in [0, 0.05) is 48.8 Å². The third kappa shape index (κ3) is 5.21. The number of nitrogens with zero attached hydrogens (tertiary/aromatic N) is 2. The first-order valence-electron chi connectivity index (χ1n) is 8.54. The van der Waals surface area contributed by atoms with E-state index in [9.17, 15) is 4.79 Å². The van der Waals surface area contributed by atoms with Gasteiger partial charge in [-0.25, -0.2) is 4.98 Å². The number of carbonyl (C=O) groups is 1. The van der Waals surface area contributed by atoms with Crippen LogP contribution < -0.4 is 15.5 Å². The predicted molar refractivity (Wildman–Crippen MR) is 112 cm³/mol. The lowest BCUT2D eigenvalue weighted by atomic mass is 10.2. The number of pyridine rings is 1. The number of aromatic nitrogens is 1. The molecule has 1 aromatic heterocycles. The van der Waals surface area contributed by atoms with E-state index in [0.29, 0.717) is 22.9 Å². The maximum Gasteiger partial charge on any atom is 0.255 e. The summed E-state index contributed by atoms with van der Waals surface area (Å²) in [4.78, 5) is 18.8. The second kappa shape index (κ2) is 8.56. The molecule has 0 unspecified atom stereocenters. The third-order valence-electron chi connectivity index (χ3n) is 4.05. The van der Waals surface area contributed by atoms with Crippen molar-refractivity contribution in [3.8, 4) is 0 Å². The Morgan fingerprint density at radius 2 is 1.74 bits per heavy atom. The largest absolute Gasteiger partial charge is 0.378 e. The minimum absolute atomic E-state index is 0.176. The summed E-state index contributed by atoms with van der Waals surface area (Å²) >= 11 is 5.90. The molecule has 2 aromatic carbocycles. The van der Waals surface area contributed by atoms with Crippen LogP contribution in [0.15, 0.2) is 66.9 Å². The van der Waals surface area contributed by atoms with E-state index in [4.69, 9.17) is 11.6 Å². The summed E-state index contributed by atoms with van der Waals surface area (Å²) in [7, 11) is 3.95. The summed E-state index contributed by atoms with van der Waals surface area (Å²) in [6.45, 7) is 0.598. The van der Waals surface area contributed by atoms with Gasteiger partial charge in [0.2, 0.25) is 0 Å². The van der Waals surface area contributed by atoms with E-state index in [1.807, 2.05) is 67.5 Å². The normalized spacial score (nSPS) is 10.3. The number of halogens is 1. The summed E-state index contributed by atoms with van der Waals surface area (Å²) in [6, 6.07) is 18.7. The molecular formula is C21H21ClN4O. The zero-order chi connectivity index (χ0) is 19.2. The Labute approximate surface area is 164 Å². The molecule has 0 fully saturated rings. The number of rotatable bonds is 6. The zero-order valence-corrected chi connectivity index (χ0v) is 16.0. The minimum Gasteiger partial charge on any atom is -0.378 e. The Morgan fingerprint density at radius 1 is 1.04 bits per heavy atom. The monoisotopic (exact) mass is 380 g/mol. The molecule has 0 atom stereocenters. The van der Waals surface area contributed by atoms with Crippen LogP contribution >= 0.6 is 11.6 Å². The van der Waals surface area contributed by atoms with Gasteiger partial charge in [-0.1, -0.05) is 23.7 Å². The molecule has 138 valence electrons. The SMILES string of the molecule is CN(C)c1ccc(NC(=O)c2ccnc(NCc3ccc(Cl)cc3)c2)cc1. The fourth-order valence-electron chi connectivity index (χ4n) is 2.51. The summed E-state index contributed by atoms with van der Waals surface area (Å²) in [6.07, 6.45) is 1.62. The van der Waals surface area contributed by atoms with E-state index < -0.39 is 0 Å². The topological polar surface area (TPSA) is 57.3 Å². The fourth-order valence-corrected chi connectivity index (χ4v) is 2.64. The number of benzene rings is 2. The molecule has 2 N–H and O–H groups in total. The lowest BCUT2D eigenvalue weighted by Crippen LogP contribution is -2.13. The molecule has 0 spiro atoms. The van der Waals surface area contributed by atoms with Crippen LogP contribution in [0.2, 0.25) is 5.02 Å². The molecule has 5 nitrogen and oxygen atoms in total. The molecular weight excluding hydrogens is 360 g/mol. The maximum absolute atomic E-state index is 12.5. The Balaban J connectivity index is 1.63. The highest BCUT2D eigenvalue weighted by molar-refractivity contribution is 6.30. The van der Waals surface area contributed by atoms with Crippen molar-refractivity contribution in [3.63, 3.8) is 0 Å². The van der Waals surface area contributed by atoms with Crippen LogP contribution in [0, 0.1) is 0 Å². The van der Waals surface area contributed by atoms with Crippen molar-refractivity contribution < 1.29 is 4.79 Å². The smallest absolute Gasteiger partial charge is 0.255 e. The molecule has 0 aliphatic rings. The molecule has 3 aromatic rings. The average Bonchev–Trinajstić information content (AvgIpc) is 2.68. The van der Waals surface area contributed by atoms with Gasteiger partial charge in [0.1, 0.15) is 5.82 Å². The summed E-state index contributed by atoms with van der Waals surface area (Å²) in [5, 5.41) is 6.83. The van der Waals surface area contributed by atoms with Crippen molar-refractivity contribution >= 4 is 34.7 Å². The number of hydrogen-bond acceptors (Lipinski definition) is 4. The van der Waals surface area contributed by atoms with E-state index >= 15 is 0 Å². The van der Waals surface area contributed by atoms with Gasteiger partial charge >= 0.3 is 0 Å². The Hall–Kier alpha value is -3.05. The van der Waals surface area contributed by atoms with E-state index in [1.165, 1.54) is 0 Å². The Bertz CT molecular complexity index is 908. The van der Waals surface area contributed by atoms with Gasteiger partial charge in [0.25, 0.3) is 5.91 Å². The molecule has 1 heterocycles. The molecule has 27 heavy (non-hydrogen) atoms. The van der Waals surface area contributed by atoms with E-state index in [1.54, 1.807) is 18.3 Å². The summed E-state index contributed by atoms with van der Waals surface area (Å²) < 4.78 is 0. The molecule has 1 amide bonds. The van der Waals surface area contributed by atoms with Crippen LogP contribution in [0.5, 0.6) is 0 Å². The lowest BCUT2D eigenvalue weighted by molar-refractivity contribution is 0.102. The molecule has 3 rings (SSSR count). The predicted octanol–water partition coefficient (Wildman–Crippen LogP) is 4.67. The first-order chi connectivity index (χ1) is 13.0. The molecule has 0 saturated carbocycles. The van der Waals surface area contributed by atoms with Gasteiger partial charge in [0.15, 0.2) is 0 Å². The average molecular weight is 381 g/mol. The fraction of sp³-hybridized carbons (Fsp3) is 0.143. The molecule has 0 bridgehead atoms. The number of nitrogens with one attached hydrogen (secondary N) is 2. The number of anilines is 3. The lowest BCUT2D eigenvalue weighted by Gasteiger charge is -2.13. The van der Waals surface area contributed by atoms with E-state index in [2.05, 4.69) is 15.6 Å². The van der Waals surface area contributed by atoms with Crippen LogP contribution in [0.3, 0.4) is 0 Å². The maximum atomic E-state index is 12.5. The van der Waals surface area contributed by atoms with Crippen LogP contribution in [-0.2, 0) is 6.54 Å². The van der Waals surface area contributed by atoms with E-state index in [0.717, 1.165) is 16.9 Å². The number of hydrogen-bond donors (Lipinski definition) is 2. The van der Waals surface area contributed by atoms with Crippen LogP contribution in [0.25, 0.3) is 0 Å². The molecule has 0 radical (unpaired) electrons. The standard InChI is InChI=1S/C21H21ClN4O/c1-26(2)19-9-7-18(8-10-19)25-21(27)16-11-12-23-20(13-16)24-14-15-3-5-17(22)6-4-15/h3-13H,14H2,1-2H3,(H,23,24)(H,25,27). The quantitative estimate of drug-likeness (QED) is 0.652. The molecule has 0 saturated heterocycles. The molecule has 0 aliphatic carbocycles. The van der Waals surface area contributed by atoms with Gasteiger partial charge in [-0.2, -0.15) is 0 Å². The molecule has 6 heteroatoms. The van der Waals surface area contributed by atoms with Gasteiger partial charge in [-0.3, -0.25) is 4.79 Å². The number of amides is 1. The van der Waals surface area contributed by atoms with Crippen LogP contribution in [-0.4, -0.2) is 25.0 Å². The zero-order valence-electron chi connectivity index (χ0n) is 15.2. The number of carbonyl (C=O) groups excluding carboxylic acids is 1. The van der Waals surface area contributed by atoms with Crippen LogP contribution in [0.1, 0.15) is 15.9 Å². The van der Waals surface area contributed by atoms with Crippen molar-refractivity contribution in [2.45, 2.75) is 6.54 Å². The van der Waals surface area contributed by atoms with Crippen molar-refractivity contribution in [1.82, 2.24) is 4.98 Å². The van der Waals surface area contributed by atoms with Gasteiger partial charge in [-0.05, 0) is 54.1 Å². The highest BCUT2D eigenvalue weighted by atomic mass is 35.5. The summed E-state index contributed by atoms with van der Waals surface area (Å²) in [5.74, 6) is 0.463. The van der Waals surface area contributed by atoms with Crippen molar-refractivity contribution in [1.29, 1.82) is 0 Å². The van der Waals surface area contributed by atoms with Gasteiger partial charge in [-0.15, -0.1) is 0 Å². The second-order valence-corrected chi connectivity index (χ2v) is 6.74. The van der Waals surface area contributed by atoms with Crippen molar-refractivity contribution in [3.05, 3.63) is 83.0 Å². The van der Waals surface area contributed by atoms with Crippen molar-refractivity contribution in [2.75, 3.05) is 29.6 Å². The van der Waals surface area contributed by atoms with Crippen LogP contribution in [0.4, 0.5) is 17.2 Å². The highest BCUT2D eigenvalue weighted by Gasteiger charge is 2.08. The Kier molecular flexibility index (Phi) is 5.94. The first-order valence-corrected chi connectivity index (χ1v) is 8.92. The third-order valence-corrected chi connectivity index (χ3v) is 4.30. The first kappa shape index (κ1) is 18.7. The van der Waals surface area contributed by atoms with Gasteiger partial charge in [0.05, 0.1) is 0 Å². The van der Waals surface area contributed by atoms with Crippen molar-refractivity contribution in [2.24, 2.45) is 0 Å². The highest BCUT2D eigenvalue weighted by Crippen LogP contribution is 2.17. The minimum atomic E-state index is -0.176. The second-order valence-electron chi connectivity index (χ2n) is 6.31. The van der Waals surface area contributed by atoms with E-state index in [-0.39, 0.29) is 5.91 Å².